The van der Waals surface area contributed by atoms with Gasteiger partial charge >= 0.3 is 0 Å². The predicted octanol–water partition coefficient (Wildman–Crippen LogP) is 2.81. The van der Waals surface area contributed by atoms with E-state index in [1.165, 1.54) is 0 Å². The molecule has 0 aliphatic carbocycles. The highest BCUT2D eigenvalue weighted by atomic mass is 16.5. The van der Waals surface area contributed by atoms with Crippen LogP contribution in [0.3, 0.4) is 0 Å². The Morgan fingerprint density at radius 2 is 2.05 bits per heavy atom. The lowest BCUT2D eigenvalue weighted by atomic mass is 10.0. The summed E-state index contributed by atoms with van der Waals surface area (Å²) in [4.78, 5) is 25.4. The lowest BCUT2D eigenvalue weighted by Crippen LogP contribution is -2.54. The second-order valence-electron chi connectivity index (χ2n) is 5.80. The van der Waals surface area contributed by atoms with Crippen LogP contribution in [0.25, 0.3) is 0 Å². The van der Waals surface area contributed by atoms with Crippen LogP contribution in [0.2, 0.25) is 0 Å². The van der Waals surface area contributed by atoms with Gasteiger partial charge in [0, 0.05) is 11.6 Å². The topological polar surface area (TPSA) is 55.8 Å². The Morgan fingerprint density at radius 3 is 2.57 bits per heavy atom. The Morgan fingerprint density at radius 1 is 1.38 bits per heavy atom. The van der Waals surface area contributed by atoms with Crippen LogP contribution in [0.4, 0.5) is 5.69 Å². The fourth-order valence-corrected chi connectivity index (χ4v) is 2.43. The lowest BCUT2D eigenvalue weighted by Gasteiger charge is -2.41. The quantitative estimate of drug-likeness (QED) is 0.800. The van der Waals surface area contributed by atoms with Crippen molar-refractivity contribution < 1.29 is 19.1 Å². The molecule has 0 radical (unpaired) electrons. The molecule has 0 fully saturated rings. The highest BCUT2D eigenvalue weighted by Crippen LogP contribution is 2.45. The van der Waals surface area contributed by atoms with Gasteiger partial charge in [-0.05, 0) is 46.8 Å². The molecule has 114 valence electrons. The van der Waals surface area contributed by atoms with Crippen LogP contribution in [0.5, 0.6) is 11.5 Å². The standard InChI is InChI=1S/C16H21NO4/c1-6-20-13-8-11(9-18)7-12-14(13)21-16(4,5)15(19)17(12)10(2)3/h7-10H,6H2,1-5H3. The zero-order chi connectivity index (χ0) is 15.8. The summed E-state index contributed by atoms with van der Waals surface area (Å²) < 4.78 is 11.4. The smallest absolute Gasteiger partial charge is 0.270 e. The van der Waals surface area contributed by atoms with Gasteiger partial charge in [-0.15, -0.1) is 0 Å². The van der Waals surface area contributed by atoms with Crippen molar-refractivity contribution in [1.29, 1.82) is 0 Å². The van der Waals surface area contributed by atoms with E-state index in [1.807, 2.05) is 20.8 Å². The minimum Gasteiger partial charge on any atom is -0.490 e. The van der Waals surface area contributed by atoms with Crippen molar-refractivity contribution >= 4 is 17.9 Å². The van der Waals surface area contributed by atoms with Crippen LogP contribution in [-0.4, -0.2) is 30.4 Å². The van der Waals surface area contributed by atoms with E-state index in [2.05, 4.69) is 0 Å². The number of anilines is 1. The van der Waals surface area contributed by atoms with Crippen molar-refractivity contribution in [2.75, 3.05) is 11.5 Å². The van der Waals surface area contributed by atoms with Crippen molar-refractivity contribution in [3.8, 4) is 11.5 Å². The van der Waals surface area contributed by atoms with Crippen molar-refractivity contribution in [2.45, 2.75) is 46.3 Å². The maximum absolute atomic E-state index is 12.6. The van der Waals surface area contributed by atoms with Crippen molar-refractivity contribution in [3.63, 3.8) is 0 Å². The number of rotatable bonds is 4. The second kappa shape index (κ2) is 5.39. The third-order valence-corrected chi connectivity index (χ3v) is 3.36. The molecule has 1 aromatic carbocycles. The van der Waals surface area contributed by atoms with E-state index in [0.717, 1.165) is 6.29 Å². The van der Waals surface area contributed by atoms with E-state index in [0.29, 0.717) is 29.4 Å². The molecule has 0 unspecified atom stereocenters. The fourth-order valence-electron chi connectivity index (χ4n) is 2.43. The molecule has 0 saturated carbocycles. The van der Waals surface area contributed by atoms with E-state index >= 15 is 0 Å². The first-order valence-corrected chi connectivity index (χ1v) is 7.10. The number of benzene rings is 1. The molecule has 1 aromatic rings. The Hall–Kier alpha value is -2.04. The van der Waals surface area contributed by atoms with Crippen LogP contribution in [0.15, 0.2) is 12.1 Å². The number of hydrogen-bond donors (Lipinski definition) is 0. The summed E-state index contributed by atoms with van der Waals surface area (Å²) in [5, 5.41) is 0. The molecular weight excluding hydrogens is 270 g/mol. The Labute approximate surface area is 124 Å². The summed E-state index contributed by atoms with van der Waals surface area (Å²) in [5.74, 6) is 0.875. The Bertz CT molecular complexity index is 578. The van der Waals surface area contributed by atoms with E-state index in [1.54, 1.807) is 30.9 Å². The van der Waals surface area contributed by atoms with Gasteiger partial charge in [0.25, 0.3) is 5.91 Å². The van der Waals surface area contributed by atoms with Gasteiger partial charge in [0.05, 0.1) is 12.3 Å². The van der Waals surface area contributed by atoms with E-state index in [4.69, 9.17) is 9.47 Å². The SMILES string of the molecule is CCOc1cc(C=O)cc2c1OC(C)(C)C(=O)N2C(C)C. The summed E-state index contributed by atoms with van der Waals surface area (Å²) in [6.07, 6.45) is 0.742. The second-order valence-corrected chi connectivity index (χ2v) is 5.80. The fraction of sp³-hybridized carbons (Fsp3) is 0.500. The number of carbonyl (C=O) groups excluding carboxylic acids is 2. The molecule has 0 aromatic heterocycles. The first-order chi connectivity index (χ1) is 9.81. The molecule has 0 N–H and O–H groups in total. The van der Waals surface area contributed by atoms with Gasteiger partial charge in [-0.1, -0.05) is 0 Å². The zero-order valence-corrected chi connectivity index (χ0v) is 13.1. The third-order valence-electron chi connectivity index (χ3n) is 3.36. The van der Waals surface area contributed by atoms with Gasteiger partial charge in [-0.2, -0.15) is 0 Å². The molecule has 5 heteroatoms. The molecule has 0 atom stereocenters. The normalized spacial score (nSPS) is 16.5. The maximum Gasteiger partial charge on any atom is 0.270 e. The van der Waals surface area contributed by atoms with Gasteiger partial charge in [0.2, 0.25) is 0 Å². The number of nitrogens with zero attached hydrogens (tertiary/aromatic N) is 1. The van der Waals surface area contributed by atoms with Gasteiger partial charge < -0.3 is 14.4 Å². The Kier molecular flexibility index (Phi) is 3.94. The Balaban J connectivity index is 2.69. The molecule has 1 heterocycles. The number of aldehydes is 1. The van der Waals surface area contributed by atoms with Crippen molar-refractivity contribution in [2.24, 2.45) is 0 Å². The molecule has 5 nitrogen and oxygen atoms in total. The number of amides is 1. The number of hydrogen-bond acceptors (Lipinski definition) is 4. The van der Waals surface area contributed by atoms with Gasteiger partial charge in [-0.25, -0.2) is 0 Å². The summed E-state index contributed by atoms with van der Waals surface area (Å²) in [6, 6.07) is 3.26. The van der Waals surface area contributed by atoms with Crippen LogP contribution in [0.1, 0.15) is 45.0 Å². The molecular formula is C16H21NO4. The van der Waals surface area contributed by atoms with E-state index in [-0.39, 0.29) is 11.9 Å². The highest BCUT2D eigenvalue weighted by molar-refractivity contribution is 6.04. The van der Waals surface area contributed by atoms with E-state index < -0.39 is 5.60 Å². The molecule has 2 rings (SSSR count). The molecule has 21 heavy (non-hydrogen) atoms. The summed E-state index contributed by atoms with van der Waals surface area (Å²) in [6.45, 7) is 9.63. The van der Waals surface area contributed by atoms with Crippen LogP contribution >= 0.6 is 0 Å². The first kappa shape index (κ1) is 15.4. The van der Waals surface area contributed by atoms with E-state index in [9.17, 15) is 9.59 Å². The van der Waals surface area contributed by atoms with Gasteiger partial charge in [0.15, 0.2) is 17.1 Å². The highest BCUT2D eigenvalue weighted by Gasteiger charge is 2.43. The number of ether oxygens (including phenoxy) is 2. The lowest BCUT2D eigenvalue weighted by molar-refractivity contribution is -0.133. The third kappa shape index (κ3) is 2.60. The first-order valence-electron chi connectivity index (χ1n) is 7.10. The number of carbonyl (C=O) groups is 2. The van der Waals surface area contributed by atoms with Crippen molar-refractivity contribution in [1.82, 2.24) is 0 Å². The zero-order valence-electron chi connectivity index (χ0n) is 13.1. The van der Waals surface area contributed by atoms with Crippen molar-refractivity contribution in [3.05, 3.63) is 17.7 Å². The summed E-state index contributed by atoms with van der Waals surface area (Å²) in [5.41, 5.74) is 0.0764. The minimum atomic E-state index is -0.966. The average Bonchev–Trinajstić information content (AvgIpc) is 2.40. The van der Waals surface area contributed by atoms with Crippen LogP contribution < -0.4 is 14.4 Å². The molecule has 0 bridgehead atoms. The summed E-state index contributed by atoms with van der Waals surface area (Å²) >= 11 is 0. The van der Waals surface area contributed by atoms with Crippen LogP contribution in [0, 0.1) is 0 Å². The van der Waals surface area contributed by atoms with Gasteiger partial charge in [0.1, 0.15) is 6.29 Å². The number of fused-ring (bicyclic) bond motifs is 1. The summed E-state index contributed by atoms with van der Waals surface area (Å²) in [7, 11) is 0. The molecule has 0 saturated heterocycles. The minimum absolute atomic E-state index is 0.0456. The molecule has 1 amide bonds. The molecule has 1 aliphatic rings. The monoisotopic (exact) mass is 291 g/mol. The maximum atomic E-state index is 12.6. The van der Waals surface area contributed by atoms with Gasteiger partial charge in [-0.3, -0.25) is 9.59 Å². The molecule has 0 spiro atoms. The molecule has 1 aliphatic heterocycles. The predicted molar refractivity (Wildman–Crippen MR) is 80.3 cm³/mol. The largest absolute Gasteiger partial charge is 0.490 e. The average molecular weight is 291 g/mol. The van der Waals surface area contributed by atoms with Crippen LogP contribution in [-0.2, 0) is 4.79 Å².